The molecule has 21 heavy (non-hydrogen) atoms. The lowest BCUT2D eigenvalue weighted by molar-refractivity contribution is 0.275. The summed E-state index contributed by atoms with van der Waals surface area (Å²) in [7, 11) is 0. The van der Waals surface area contributed by atoms with Gasteiger partial charge in [-0.15, -0.1) is 11.3 Å². The minimum absolute atomic E-state index is 0.706. The van der Waals surface area contributed by atoms with Gasteiger partial charge in [-0.3, -0.25) is 4.98 Å². The second-order valence-electron chi connectivity index (χ2n) is 6.14. The van der Waals surface area contributed by atoms with Gasteiger partial charge in [0, 0.05) is 18.1 Å². The first-order valence-electron chi connectivity index (χ1n) is 7.64. The summed E-state index contributed by atoms with van der Waals surface area (Å²) in [4.78, 5) is 9.01. The number of thiazole rings is 1. The van der Waals surface area contributed by atoms with Gasteiger partial charge in [0.1, 0.15) is 5.01 Å². The van der Waals surface area contributed by atoms with Gasteiger partial charge in [0.05, 0.1) is 11.4 Å². The second-order valence-corrected chi connectivity index (χ2v) is 7.00. The number of pyridine rings is 1. The van der Waals surface area contributed by atoms with Crippen LogP contribution in [0.2, 0.25) is 0 Å². The first kappa shape index (κ1) is 16.1. The van der Waals surface area contributed by atoms with E-state index in [9.17, 15) is 0 Å². The van der Waals surface area contributed by atoms with Crippen LogP contribution in [0.1, 0.15) is 33.4 Å². The van der Waals surface area contributed by atoms with Crippen molar-refractivity contribution in [1.82, 2.24) is 15.3 Å². The average Bonchev–Trinajstić information content (AvgIpc) is 2.92. The summed E-state index contributed by atoms with van der Waals surface area (Å²) in [5, 5.41) is 6.67. The van der Waals surface area contributed by atoms with Crippen molar-refractivity contribution < 1.29 is 0 Å². The Balaban J connectivity index is 1.89. The predicted octanol–water partition coefficient (Wildman–Crippen LogP) is 4.22. The maximum absolute atomic E-state index is 4.66. The molecule has 2 rings (SSSR count). The molecule has 4 heteroatoms. The Morgan fingerprint density at radius 3 is 2.52 bits per heavy atom. The van der Waals surface area contributed by atoms with Crippen molar-refractivity contribution in [3.63, 3.8) is 0 Å². The first-order chi connectivity index (χ1) is 10.1. The van der Waals surface area contributed by atoms with Crippen LogP contribution in [-0.2, 0) is 6.54 Å². The third-order valence-corrected chi connectivity index (χ3v) is 4.75. The van der Waals surface area contributed by atoms with Crippen molar-refractivity contribution in [1.29, 1.82) is 0 Å². The summed E-state index contributed by atoms with van der Waals surface area (Å²) in [6.45, 7) is 11.1. The van der Waals surface area contributed by atoms with E-state index in [0.29, 0.717) is 17.8 Å². The van der Waals surface area contributed by atoms with E-state index in [1.807, 2.05) is 24.4 Å². The van der Waals surface area contributed by atoms with E-state index in [0.717, 1.165) is 29.5 Å². The zero-order chi connectivity index (χ0) is 15.2. The van der Waals surface area contributed by atoms with E-state index in [1.54, 1.807) is 11.3 Å². The van der Waals surface area contributed by atoms with Crippen LogP contribution in [0.4, 0.5) is 0 Å². The Morgan fingerprint density at radius 1 is 1.14 bits per heavy atom. The molecule has 2 heterocycles. The monoisotopic (exact) mass is 303 g/mol. The van der Waals surface area contributed by atoms with Crippen LogP contribution in [0, 0.1) is 17.8 Å². The number of nitrogens with one attached hydrogen (secondary N) is 1. The van der Waals surface area contributed by atoms with Crippen molar-refractivity contribution in [2.24, 2.45) is 17.8 Å². The molecule has 0 unspecified atom stereocenters. The van der Waals surface area contributed by atoms with Crippen LogP contribution in [0.15, 0.2) is 29.8 Å². The molecule has 0 saturated heterocycles. The minimum atomic E-state index is 0.706. The van der Waals surface area contributed by atoms with Gasteiger partial charge < -0.3 is 5.32 Å². The van der Waals surface area contributed by atoms with Crippen LogP contribution in [0.3, 0.4) is 0 Å². The normalized spacial score (nSPS) is 11.8. The fourth-order valence-electron chi connectivity index (χ4n) is 2.60. The third-order valence-electron chi connectivity index (χ3n) is 3.83. The molecule has 0 aliphatic heterocycles. The molecule has 0 bridgehead atoms. The van der Waals surface area contributed by atoms with Gasteiger partial charge in [0.15, 0.2) is 0 Å². The Kier molecular flexibility index (Phi) is 5.88. The highest BCUT2D eigenvalue weighted by atomic mass is 32.1. The molecule has 114 valence electrons. The first-order valence-corrected chi connectivity index (χ1v) is 8.52. The van der Waals surface area contributed by atoms with Gasteiger partial charge in [-0.1, -0.05) is 33.8 Å². The van der Waals surface area contributed by atoms with Crippen molar-refractivity contribution in [3.8, 4) is 10.7 Å². The van der Waals surface area contributed by atoms with E-state index >= 15 is 0 Å². The molecular formula is C17H25N3S. The lowest BCUT2D eigenvalue weighted by Crippen LogP contribution is -2.29. The maximum Gasteiger partial charge on any atom is 0.142 e. The third kappa shape index (κ3) is 4.61. The summed E-state index contributed by atoms with van der Waals surface area (Å²) in [5.74, 6) is 2.12. The van der Waals surface area contributed by atoms with E-state index < -0.39 is 0 Å². The topological polar surface area (TPSA) is 37.8 Å². The summed E-state index contributed by atoms with van der Waals surface area (Å²) >= 11 is 1.66. The number of nitrogens with zero attached hydrogens (tertiary/aromatic N) is 2. The van der Waals surface area contributed by atoms with Crippen LogP contribution in [-0.4, -0.2) is 16.5 Å². The minimum Gasteiger partial charge on any atom is -0.311 e. The Morgan fingerprint density at radius 2 is 1.90 bits per heavy atom. The smallest absolute Gasteiger partial charge is 0.142 e. The van der Waals surface area contributed by atoms with Crippen molar-refractivity contribution in [2.75, 3.05) is 6.54 Å². The molecule has 0 amide bonds. The Labute approximate surface area is 131 Å². The molecule has 0 aromatic carbocycles. The van der Waals surface area contributed by atoms with Gasteiger partial charge in [-0.25, -0.2) is 4.98 Å². The zero-order valence-corrected chi connectivity index (χ0v) is 14.2. The van der Waals surface area contributed by atoms with Gasteiger partial charge in [-0.2, -0.15) is 0 Å². The summed E-state index contributed by atoms with van der Waals surface area (Å²) in [6, 6.07) is 5.93. The van der Waals surface area contributed by atoms with E-state index in [1.165, 1.54) is 0 Å². The number of rotatable bonds is 7. The van der Waals surface area contributed by atoms with Crippen molar-refractivity contribution in [3.05, 3.63) is 35.5 Å². The molecule has 0 atom stereocenters. The highest BCUT2D eigenvalue weighted by Gasteiger charge is 2.17. The summed E-state index contributed by atoms with van der Waals surface area (Å²) in [6.07, 6.45) is 1.81. The molecule has 0 saturated carbocycles. The number of hydrogen-bond acceptors (Lipinski definition) is 4. The van der Waals surface area contributed by atoms with Gasteiger partial charge in [0.25, 0.3) is 0 Å². The lowest BCUT2D eigenvalue weighted by atomic mass is 9.85. The summed E-state index contributed by atoms with van der Waals surface area (Å²) in [5.41, 5.74) is 2.06. The standard InChI is InChI=1S/C17H25N3S/c1-12(2)15(13(3)4)10-18-9-14-11-21-17(20-14)16-7-5-6-8-19-16/h5-8,11-13,15,18H,9-10H2,1-4H3. The van der Waals surface area contributed by atoms with Crippen LogP contribution in [0.5, 0.6) is 0 Å². The van der Waals surface area contributed by atoms with E-state index in [2.05, 4.69) is 48.4 Å². The molecule has 0 spiro atoms. The van der Waals surface area contributed by atoms with Crippen molar-refractivity contribution in [2.45, 2.75) is 34.2 Å². The molecule has 0 radical (unpaired) electrons. The van der Waals surface area contributed by atoms with Gasteiger partial charge in [-0.05, 0) is 36.4 Å². The quantitative estimate of drug-likeness (QED) is 0.832. The molecule has 0 fully saturated rings. The fourth-order valence-corrected chi connectivity index (χ4v) is 3.40. The highest BCUT2D eigenvalue weighted by molar-refractivity contribution is 7.13. The van der Waals surface area contributed by atoms with E-state index in [4.69, 9.17) is 0 Å². The average molecular weight is 303 g/mol. The summed E-state index contributed by atoms with van der Waals surface area (Å²) < 4.78 is 0. The molecule has 0 aliphatic rings. The fraction of sp³-hybridized carbons (Fsp3) is 0.529. The SMILES string of the molecule is CC(C)C(CNCc1csc(-c2ccccn2)n1)C(C)C. The molecule has 2 aromatic rings. The van der Waals surface area contributed by atoms with Gasteiger partial charge in [0.2, 0.25) is 0 Å². The Bertz CT molecular complexity index is 526. The number of aromatic nitrogens is 2. The Hall–Kier alpha value is -1.26. The largest absolute Gasteiger partial charge is 0.311 e. The van der Waals surface area contributed by atoms with Crippen molar-refractivity contribution >= 4 is 11.3 Å². The van der Waals surface area contributed by atoms with Crippen LogP contribution >= 0.6 is 11.3 Å². The molecule has 0 aliphatic carbocycles. The zero-order valence-electron chi connectivity index (χ0n) is 13.3. The van der Waals surface area contributed by atoms with E-state index in [-0.39, 0.29) is 0 Å². The molecule has 3 nitrogen and oxygen atoms in total. The highest BCUT2D eigenvalue weighted by Crippen LogP contribution is 2.22. The molecule has 1 N–H and O–H groups in total. The predicted molar refractivity (Wildman–Crippen MR) is 90.2 cm³/mol. The van der Waals surface area contributed by atoms with Gasteiger partial charge >= 0.3 is 0 Å². The second kappa shape index (κ2) is 7.66. The molecular weight excluding hydrogens is 278 g/mol. The number of hydrogen-bond donors (Lipinski definition) is 1. The maximum atomic E-state index is 4.66. The molecule has 2 aromatic heterocycles. The van der Waals surface area contributed by atoms with Crippen LogP contribution < -0.4 is 5.32 Å². The lowest BCUT2D eigenvalue weighted by Gasteiger charge is -2.25. The van der Waals surface area contributed by atoms with Crippen LogP contribution in [0.25, 0.3) is 10.7 Å².